The molecule has 1 saturated carbocycles. The number of nitrogens with one attached hydrogen (secondary N) is 1. The molecule has 1 aliphatic carbocycles. The summed E-state index contributed by atoms with van der Waals surface area (Å²) in [5.74, 6) is 1.93. The van der Waals surface area contributed by atoms with Gasteiger partial charge in [-0.05, 0) is 44.7 Å². The van der Waals surface area contributed by atoms with E-state index in [9.17, 15) is 4.79 Å². The minimum absolute atomic E-state index is 0.0457. The van der Waals surface area contributed by atoms with Crippen molar-refractivity contribution in [2.45, 2.75) is 44.8 Å². The van der Waals surface area contributed by atoms with Crippen LogP contribution in [0, 0.1) is 0 Å². The summed E-state index contributed by atoms with van der Waals surface area (Å²) in [6.07, 6.45) is 3.69. The van der Waals surface area contributed by atoms with Crippen molar-refractivity contribution in [2.75, 3.05) is 27.4 Å². The molecule has 6 nitrogen and oxygen atoms in total. The third-order valence-electron chi connectivity index (χ3n) is 4.14. The smallest absolute Gasteiger partial charge is 0.246 e. The second kappa shape index (κ2) is 9.37. The fourth-order valence-corrected chi connectivity index (χ4v) is 2.92. The Morgan fingerprint density at radius 2 is 1.83 bits per heavy atom. The first-order valence-electron chi connectivity index (χ1n) is 8.42. The lowest BCUT2D eigenvalue weighted by molar-refractivity contribution is -0.126. The zero-order chi connectivity index (χ0) is 17.4. The molecule has 1 aromatic rings. The van der Waals surface area contributed by atoms with Gasteiger partial charge in [-0.3, -0.25) is 4.79 Å². The summed E-state index contributed by atoms with van der Waals surface area (Å²) < 4.78 is 21.9. The van der Waals surface area contributed by atoms with Gasteiger partial charge in [0.1, 0.15) is 6.61 Å². The van der Waals surface area contributed by atoms with Crippen LogP contribution in [0.1, 0.15) is 32.6 Å². The van der Waals surface area contributed by atoms with Crippen LogP contribution in [-0.2, 0) is 9.53 Å². The van der Waals surface area contributed by atoms with E-state index in [1.165, 1.54) is 0 Å². The van der Waals surface area contributed by atoms with Gasteiger partial charge >= 0.3 is 0 Å². The molecule has 24 heavy (non-hydrogen) atoms. The standard InChI is InChI=1S/C18H27NO5/c1-4-23-12-17(20)19-13-8-10-14(11-9-13)24-16-7-5-6-15(21-2)18(16)22-3/h5-7,13-14H,4,8-12H2,1-3H3,(H,19,20). The maximum atomic E-state index is 11.7. The number of hydrogen-bond donors (Lipinski definition) is 1. The average Bonchev–Trinajstić information content (AvgIpc) is 2.61. The molecule has 0 radical (unpaired) electrons. The van der Waals surface area contributed by atoms with Crippen LogP contribution in [-0.4, -0.2) is 45.5 Å². The van der Waals surface area contributed by atoms with E-state index in [1.54, 1.807) is 14.2 Å². The molecular formula is C18H27NO5. The fourth-order valence-electron chi connectivity index (χ4n) is 2.92. The van der Waals surface area contributed by atoms with E-state index in [0.717, 1.165) is 25.7 Å². The van der Waals surface area contributed by atoms with Crippen LogP contribution in [0.25, 0.3) is 0 Å². The van der Waals surface area contributed by atoms with Crippen molar-refractivity contribution in [1.29, 1.82) is 0 Å². The molecule has 0 spiro atoms. The van der Waals surface area contributed by atoms with E-state index in [-0.39, 0.29) is 24.7 Å². The van der Waals surface area contributed by atoms with E-state index in [0.29, 0.717) is 23.9 Å². The zero-order valence-corrected chi connectivity index (χ0v) is 14.7. The van der Waals surface area contributed by atoms with Gasteiger partial charge in [-0.2, -0.15) is 0 Å². The lowest BCUT2D eigenvalue weighted by Gasteiger charge is -2.30. The Balaban J connectivity index is 1.84. The molecule has 0 atom stereocenters. The highest BCUT2D eigenvalue weighted by Gasteiger charge is 2.25. The van der Waals surface area contributed by atoms with Crippen molar-refractivity contribution in [2.24, 2.45) is 0 Å². The monoisotopic (exact) mass is 337 g/mol. The quantitative estimate of drug-likeness (QED) is 0.790. The number of rotatable bonds is 8. The van der Waals surface area contributed by atoms with Gasteiger partial charge in [-0.1, -0.05) is 6.07 Å². The van der Waals surface area contributed by atoms with Crippen molar-refractivity contribution in [3.63, 3.8) is 0 Å². The average molecular weight is 337 g/mol. The summed E-state index contributed by atoms with van der Waals surface area (Å²) in [5, 5.41) is 3.01. The Hall–Kier alpha value is -1.95. The third kappa shape index (κ3) is 5.03. The first-order chi connectivity index (χ1) is 11.7. The van der Waals surface area contributed by atoms with Crippen molar-refractivity contribution in [3.8, 4) is 17.2 Å². The van der Waals surface area contributed by atoms with Crippen molar-refractivity contribution in [3.05, 3.63) is 18.2 Å². The molecule has 0 aromatic heterocycles. The number of para-hydroxylation sites is 1. The SMILES string of the molecule is CCOCC(=O)NC1CCC(Oc2cccc(OC)c2OC)CC1. The number of ether oxygens (including phenoxy) is 4. The topological polar surface area (TPSA) is 66.0 Å². The second-order valence-corrected chi connectivity index (χ2v) is 5.79. The number of methoxy groups -OCH3 is 2. The normalized spacial score (nSPS) is 20.3. The molecule has 6 heteroatoms. The van der Waals surface area contributed by atoms with Crippen molar-refractivity contribution < 1.29 is 23.7 Å². The number of benzene rings is 1. The number of carbonyl (C=O) groups excluding carboxylic acids is 1. The largest absolute Gasteiger partial charge is 0.493 e. The highest BCUT2D eigenvalue weighted by Crippen LogP contribution is 2.38. The second-order valence-electron chi connectivity index (χ2n) is 5.79. The van der Waals surface area contributed by atoms with Gasteiger partial charge < -0.3 is 24.3 Å². The lowest BCUT2D eigenvalue weighted by atomic mass is 9.93. The predicted octanol–water partition coefficient (Wildman–Crippen LogP) is 2.55. The highest BCUT2D eigenvalue weighted by molar-refractivity contribution is 5.77. The summed E-state index contributed by atoms with van der Waals surface area (Å²) in [4.78, 5) is 11.7. The minimum atomic E-state index is -0.0457. The molecule has 134 valence electrons. The molecule has 1 aliphatic rings. The van der Waals surface area contributed by atoms with Gasteiger partial charge in [-0.25, -0.2) is 0 Å². The molecule has 1 N–H and O–H groups in total. The van der Waals surface area contributed by atoms with Crippen LogP contribution >= 0.6 is 0 Å². The summed E-state index contributed by atoms with van der Waals surface area (Å²) in [5.41, 5.74) is 0. The molecule has 1 aromatic carbocycles. The van der Waals surface area contributed by atoms with Gasteiger partial charge in [0.05, 0.1) is 20.3 Å². The molecule has 1 fully saturated rings. The molecular weight excluding hydrogens is 310 g/mol. The van der Waals surface area contributed by atoms with Crippen LogP contribution in [0.4, 0.5) is 0 Å². The molecule has 0 aliphatic heterocycles. The van der Waals surface area contributed by atoms with Gasteiger partial charge in [-0.15, -0.1) is 0 Å². The van der Waals surface area contributed by atoms with E-state index in [4.69, 9.17) is 18.9 Å². The van der Waals surface area contributed by atoms with Gasteiger partial charge in [0.25, 0.3) is 0 Å². The first kappa shape index (κ1) is 18.4. The Morgan fingerprint density at radius 1 is 1.12 bits per heavy atom. The Morgan fingerprint density at radius 3 is 2.46 bits per heavy atom. The summed E-state index contributed by atoms with van der Waals surface area (Å²) >= 11 is 0. The van der Waals surface area contributed by atoms with Crippen LogP contribution in [0.2, 0.25) is 0 Å². The number of hydrogen-bond acceptors (Lipinski definition) is 5. The van der Waals surface area contributed by atoms with Gasteiger partial charge in [0.15, 0.2) is 11.5 Å². The zero-order valence-electron chi connectivity index (χ0n) is 14.7. The molecule has 0 unspecified atom stereocenters. The molecule has 0 bridgehead atoms. The molecule has 0 saturated heterocycles. The maximum absolute atomic E-state index is 11.7. The van der Waals surface area contributed by atoms with Gasteiger partial charge in [0, 0.05) is 12.6 Å². The van der Waals surface area contributed by atoms with E-state index < -0.39 is 0 Å². The Bertz CT molecular complexity index is 526. The van der Waals surface area contributed by atoms with Crippen molar-refractivity contribution >= 4 is 5.91 Å². The Kier molecular flexibility index (Phi) is 7.18. The summed E-state index contributed by atoms with van der Waals surface area (Å²) in [6.45, 7) is 2.56. The Labute approximate surface area is 143 Å². The number of amides is 1. The first-order valence-corrected chi connectivity index (χ1v) is 8.42. The fraction of sp³-hybridized carbons (Fsp3) is 0.611. The van der Waals surface area contributed by atoms with Crippen molar-refractivity contribution in [1.82, 2.24) is 5.32 Å². The van der Waals surface area contributed by atoms with Crippen LogP contribution in [0.5, 0.6) is 17.2 Å². The van der Waals surface area contributed by atoms with Crippen LogP contribution in [0.3, 0.4) is 0 Å². The van der Waals surface area contributed by atoms with E-state index in [1.807, 2.05) is 25.1 Å². The number of carbonyl (C=O) groups is 1. The molecule has 1 amide bonds. The van der Waals surface area contributed by atoms with E-state index >= 15 is 0 Å². The maximum Gasteiger partial charge on any atom is 0.246 e. The van der Waals surface area contributed by atoms with Gasteiger partial charge in [0.2, 0.25) is 11.7 Å². The predicted molar refractivity (Wildman–Crippen MR) is 90.9 cm³/mol. The third-order valence-corrected chi connectivity index (χ3v) is 4.14. The molecule has 2 rings (SSSR count). The van der Waals surface area contributed by atoms with E-state index in [2.05, 4.69) is 5.32 Å². The highest BCUT2D eigenvalue weighted by atomic mass is 16.5. The summed E-state index contributed by atoms with van der Waals surface area (Å²) in [6, 6.07) is 5.81. The van der Waals surface area contributed by atoms with Crippen LogP contribution < -0.4 is 19.5 Å². The lowest BCUT2D eigenvalue weighted by Crippen LogP contribution is -2.41. The molecule has 0 heterocycles. The minimum Gasteiger partial charge on any atom is -0.493 e. The summed E-state index contributed by atoms with van der Waals surface area (Å²) in [7, 11) is 3.22. The van der Waals surface area contributed by atoms with Crippen LogP contribution in [0.15, 0.2) is 18.2 Å².